The first-order valence-electron chi connectivity index (χ1n) is 3.65. The highest BCUT2D eigenvalue weighted by atomic mass is 35.5. The van der Waals surface area contributed by atoms with Crippen LogP contribution in [0.15, 0.2) is 18.2 Å². The Kier molecular flexibility index (Phi) is 2.92. The summed E-state index contributed by atoms with van der Waals surface area (Å²) in [6, 6.07) is 4.97. The van der Waals surface area contributed by atoms with Gasteiger partial charge in [-0.1, -0.05) is 11.6 Å². The molecule has 0 fully saturated rings. The van der Waals surface area contributed by atoms with Crippen LogP contribution in [0, 0.1) is 0 Å². The summed E-state index contributed by atoms with van der Waals surface area (Å²) in [6.07, 6.45) is 0. The Hall–Kier alpha value is -0.770. The highest BCUT2D eigenvalue weighted by Crippen LogP contribution is 2.23. The molecule has 4 heteroatoms. The first-order chi connectivity index (χ1) is 5.65. The van der Waals surface area contributed by atoms with Crippen molar-refractivity contribution in [3.63, 3.8) is 0 Å². The van der Waals surface area contributed by atoms with E-state index in [2.05, 4.69) is 0 Å². The Morgan fingerprint density at radius 2 is 2.08 bits per heavy atom. The zero-order valence-corrected chi connectivity index (χ0v) is 7.38. The molecule has 0 aromatic heterocycles. The molecule has 0 radical (unpaired) electrons. The van der Waals surface area contributed by atoms with E-state index in [9.17, 15) is 0 Å². The summed E-state index contributed by atoms with van der Waals surface area (Å²) in [5.41, 5.74) is 18.1. The summed E-state index contributed by atoms with van der Waals surface area (Å²) in [4.78, 5) is 0. The van der Waals surface area contributed by atoms with E-state index < -0.39 is 0 Å². The number of nitrogens with two attached hydrogens (primary N) is 3. The van der Waals surface area contributed by atoms with Crippen LogP contribution in [-0.4, -0.2) is 6.54 Å². The molecule has 1 unspecified atom stereocenters. The lowest BCUT2D eigenvalue weighted by Gasteiger charge is -2.11. The SMILES string of the molecule is NCC(N)c1cc(N)ccc1Cl. The van der Waals surface area contributed by atoms with Crippen LogP contribution in [0.3, 0.4) is 0 Å². The van der Waals surface area contributed by atoms with Gasteiger partial charge in [0.05, 0.1) is 0 Å². The molecular weight excluding hydrogens is 174 g/mol. The first-order valence-corrected chi connectivity index (χ1v) is 4.03. The highest BCUT2D eigenvalue weighted by Gasteiger charge is 2.07. The average molecular weight is 186 g/mol. The fourth-order valence-corrected chi connectivity index (χ4v) is 1.23. The average Bonchev–Trinajstić information content (AvgIpc) is 2.08. The van der Waals surface area contributed by atoms with Crippen molar-refractivity contribution < 1.29 is 0 Å². The van der Waals surface area contributed by atoms with E-state index in [1.54, 1.807) is 18.2 Å². The molecule has 1 aromatic carbocycles. The van der Waals surface area contributed by atoms with Gasteiger partial charge in [0.25, 0.3) is 0 Å². The van der Waals surface area contributed by atoms with Gasteiger partial charge in [-0.05, 0) is 23.8 Å². The third-order valence-corrected chi connectivity index (χ3v) is 2.02. The monoisotopic (exact) mass is 185 g/mol. The van der Waals surface area contributed by atoms with Gasteiger partial charge in [-0.25, -0.2) is 0 Å². The molecule has 0 aliphatic heterocycles. The van der Waals surface area contributed by atoms with Gasteiger partial charge in [-0.2, -0.15) is 0 Å². The Balaban J connectivity index is 3.04. The minimum atomic E-state index is -0.235. The fraction of sp³-hybridized carbons (Fsp3) is 0.250. The van der Waals surface area contributed by atoms with Crippen LogP contribution >= 0.6 is 11.6 Å². The Morgan fingerprint density at radius 3 is 2.67 bits per heavy atom. The summed E-state index contributed by atoms with van der Waals surface area (Å²) < 4.78 is 0. The minimum Gasteiger partial charge on any atom is -0.399 e. The zero-order chi connectivity index (χ0) is 9.14. The standard InChI is InChI=1S/C8H12ClN3/c9-7-2-1-5(11)3-6(7)8(12)4-10/h1-3,8H,4,10-12H2. The van der Waals surface area contributed by atoms with Gasteiger partial charge in [0.2, 0.25) is 0 Å². The van der Waals surface area contributed by atoms with Crippen molar-refractivity contribution in [3.05, 3.63) is 28.8 Å². The summed E-state index contributed by atoms with van der Waals surface area (Å²) in [5.74, 6) is 0. The third-order valence-electron chi connectivity index (χ3n) is 1.67. The normalized spacial score (nSPS) is 12.9. The number of halogens is 1. The number of nitrogen functional groups attached to an aromatic ring is 1. The molecule has 0 spiro atoms. The number of hydrogen-bond donors (Lipinski definition) is 3. The molecular formula is C8H12ClN3. The van der Waals surface area contributed by atoms with Crippen molar-refractivity contribution in [1.29, 1.82) is 0 Å². The maximum absolute atomic E-state index is 5.88. The van der Waals surface area contributed by atoms with E-state index >= 15 is 0 Å². The second-order valence-electron chi connectivity index (χ2n) is 2.62. The van der Waals surface area contributed by atoms with E-state index in [1.165, 1.54) is 0 Å². The molecule has 0 saturated carbocycles. The van der Waals surface area contributed by atoms with Gasteiger partial charge < -0.3 is 17.2 Å². The van der Waals surface area contributed by atoms with Crippen LogP contribution in [0.1, 0.15) is 11.6 Å². The maximum atomic E-state index is 5.88. The molecule has 12 heavy (non-hydrogen) atoms. The topological polar surface area (TPSA) is 78.1 Å². The molecule has 0 aliphatic carbocycles. The van der Waals surface area contributed by atoms with Crippen LogP contribution in [0.2, 0.25) is 5.02 Å². The third kappa shape index (κ3) is 1.88. The second kappa shape index (κ2) is 3.76. The second-order valence-corrected chi connectivity index (χ2v) is 3.03. The largest absolute Gasteiger partial charge is 0.399 e. The molecule has 6 N–H and O–H groups in total. The van der Waals surface area contributed by atoms with Crippen molar-refractivity contribution >= 4 is 17.3 Å². The highest BCUT2D eigenvalue weighted by molar-refractivity contribution is 6.31. The molecule has 1 aromatic rings. The molecule has 0 aliphatic rings. The van der Waals surface area contributed by atoms with E-state index in [-0.39, 0.29) is 6.04 Å². The molecule has 0 saturated heterocycles. The quantitative estimate of drug-likeness (QED) is 0.599. The maximum Gasteiger partial charge on any atom is 0.0455 e. The smallest absolute Gasteiger partial charge is 0.0455 e. The molecule has 3 nitrogen and oxygen atoms in total. The van der Waals surface area contributed by atoms with Crippen molar-refractivity contribution in [2.24, 2.45) is 11.5 Å². The van der Waals surface area contributed by atoms with Crippen LogP contribution in [0.5, 0.6) is 0 Å². The van der Waals surface area contributed by atoms with Crippen LogP contribution in [0.4, 0.5) is 5.69 Å². The summed E-state index contributed by atoms with van der Waals surface area (Å²) in [6.45, 7) is 0.364. The van der Waals surface area contributed by atoms with E-state index in [1.807, 2.05) is 0 Å². The number of anilines is 1. The van der Waals surface area contributed by atoms with Crippen LogP contribution in [-0.2, 0) is 0 Å². The van der Waals surface area contributed by atoms with Gasteiger partial charge >= 0.3 is 0 Å². The van der Waals surface area contributed by atoms with Gasteiger partial charge in [-0.3, -0.25) is 0 Å². The van der Waals surface area contributed by atoms with Crippen molar-refractivity contribution in [1.82, 2.24) is 0 Å². The minimum absolute atomic E-state index is 0.235. The lowest BCUT2D eigenvalue weighted by atomic mass is 10.1. The fourth-order valence-electron chi connectivity index (χ4n) is 0.973. The van der Waals surface area contributed by atoms with Gasteiger partial charge in [-0.15, -0.1) is 0 Å². The van der Waals surface area contributed by atoms with Crippen LogP contribution in [0.25, 0.3) is 0 Å². The van der Waals surface area contributed by atoms with Gasteiger partial charge in [0.15, 0.2) is 0 Å². The predicted octanol–water partition coefficient (Wildman–Crippen LogP) is 0.881. The Bertz CT molecular complexity index is 275. The number of rotatable bonds is 2. The van der Waals surface area contributed by atoms with E-state index in [0.717, 1.165) is 5.56 Å². The number of benzene rings is 1. The zero-order valence-electron chi connectivity index (χ0n) is 6.63. The van der Waals surface area contributed by atoms with Gasteiger partial charge in [0.1, 0.15) is 0 Å². The predicted molar refractivity (Wildman–Crippen MR) is 51.8 cm³/mol. The Morgan fingerprint density at radius 1 is 1.42 bits per heavy atom. The lowest BCUT2D eigenvalue weighted by molar-refractivity contribution is 0.738. The molecule has 1 rings (SSSR count). The van der Waals surface area contributed by atoms with Gasteiger partial charge in [0, 0.05) is 23.3 Å². The Labute approximate surface area is 76.5 Å². The number of hydrogen-bond acceptors (Lipinski definition) is 3. The summed E-state index contributed by atoms with van der Waals surface area (Å²) >= 11 is 5.88. The van der Waals surface area contributed by atoms with E-state index in [4.69, 9.17) is 28.8 Å². The molecule has 0 amide bonds. The van der Waals surface area contributed by atoms with Crippen molar-refractivity contribution in [2.75, 3.05) is 12.3 Å². The molecule has 0 heterocycles. The molecule has 66 valence electrons. The summed E-state index contributed by atoms with van der Waals surface area (Å²) in [7, 11) is 0. The van der Waals surface area contributed by atoms with E-state index in [0.29, 0.717) is 17.3 Å². The summed E-state index contributed by atoms with van der Waals surface area (Å²) in [5, 5.41) is 0.613. The lowest BCUT2D eigenvalue weighted by Crippen LogP contribution is -2.21. The first kappa shape index (κ1) is 9.32. The van der Waals surface area contributed by atoms with Crippen LogP contribution < -0.4 is 17.2 Å². The molecule has 0 bridgehead atoms. The van der Waals surface area contributed by atoms with Crippen molar-refractivity contribution in [2.45, 2.75) is 6.04 Å². The van der Waals surface area contributed by atoms with Crippen molar-refractivity contribution in [3.8, 4) is 0 Å². The molecule has 1 atom stereocenters.